The molecule has 6 nitrogen and oxygen atoms in total. The highest BCUT2D eigenvalue weighted by molar-refractivity contribution is 6.29. The van der Waals surface area contributed by atoms with Gasteiger partial charge in [0, 0.05) is 23.4 Å². The third kappa shape index (κ3) is 2.10. The summed E-state index contributed by atoms with van der Waals surface area (Å²) in [4.78, 5) is 8.55. The molecular formula is C12H10ClN5O. The molecule has 0 aromatic carbocycles. The molecule has 7 heteroatoms. The van der Waals surface area contributed by atoms with Crippen LogP contribution < -0.4 is 5.73 Å². The van der Waals surface area contributed by atoms with Crippen molar-refractivity contribution in [2.45, 2.75) is 13.3 Å². The van der Waals surface area contributed by atoms with Gasteiger partial charge in [0.2, 0.25) is 5.65 Å². The number of aryl methyl sites for hydroxylation is 1. The highest BCUT2D eigenvalue weighted by atomic mass is 35.5. The molecule has 19 heavy (non-hydrogen) atoms. The highest BCUT2D eigenvalue weighted by Gasteiger charge is 2.15. The third-order valence-electron chi connectivity index (χ3n) is 2.89. The minimum absolute atomic E-state index is 0.415. The molecule has 0 saturated carbocycles. The molecule has 0 fully saturated rings. The lowest BCUT2D eigenvalue weighted by Crippen LogP contribution is -2.03. The molecule has 2 N–H and O–H groups in total. The van der Waals surface area contributed by atoms with Crippen molar-refractivity contribution in [3.8, 4) is 0 Å². The van der Waals surface area contributed by atoms with Crippen molar-refractivity contribution in [3.05, 3.63) is 40.3 Å². The SMILES string of the molecule is Cc1nc2nonc2c(N)c1Cc1cccc(Cl)n1. The summed E-state index contributed by atoms with van der Waals surface area (Å²) in [5.41, 5.74) is 9.95. The highest BCUT2D eigenvalue weighted by Crippen LogP contribution is 2.25. The zero-order valence-electron chi connectivity index (χ0n) is 10.1. The molecule has 0 bridgehead atoms. The second-order valence-electron chi connectivity index (χ2n) is 4.15. The molecule has 3 heterocycles. The number of pyridine rings is 2. The molecule has 3 aromatic rings. The first kappa shape index (κ1) is 11.9. The lowest BCUT2D eigenvalue weighted by atomic mass is 10.1. The predicted octanol–water partition coefficient (Wildman–Crippen LogP) is 2.15. The topological polar surface area (TPSA) is 90.7 Å². The van der Waals surface area contributed by atoms with Crippen LogP contribution >= 0.6 is 11.6 Å². The van der Waals surface area contributed by atoms with Gasteiger partial charge in [0.05, 0.1) is 5.69 Å². The molecule has 0 amide bonds. The molecule has 0 spiro atoms. The van der Waals surface area contributed by atoms with E-state index in [0.29, 0.717) is 28.4 Å². The van der Waals surface area contributed by atoms with Crippen LogP contribution in [0.15, 0.2) is 22.8 Å². The molecule has 3 rings (SSSR count). The van der Waals surface area contributed by atoms with Crippen LogP contribution in [-0.4, -0.2) is 20.3 Å². The second-order valence-corrected chi connectivity index (χ2v) is 4.54. The number of nitrogens with zero attached hydrogens (tertiary/aromatic N) is 4. The number of anilines is 1. The molecule has 0 aliphatic rings. The van der Waals surface area contributed by atoms with Crippen molar-refractivity contribution in [1.29, 1.82) is 0 Å². The Morgan fingerprint density at radius 1 is 1.26 bits per heavy atom. The number of hydrogen-bond donors (Lipinski definition) is 1. The average molecular weight is 276 g/mol. The third-order valence-corrected chi connectivity index (χ3v) is 3.10. The maximum atomic E-state index is 6.09. The predicted molar refractivity (Wildman–Crippen MR) is 70.8 cm³/mol. The van der Waals surface area contributed by atoms with Gasteiger partial charge in [0.25, 0.3) is 0 Å². The second kappa shape index (κ2) is 4.47. The Kier molecular flexibility index (Phi) is 2.79. The number of nitrogens with two attached hydrogens (primary N) is 1. The van der Waals surface area contributed by atoms with E-state index in [-0.39, 0.29) is 0 Å². The Balaban J connectivity index is 2.09. The van der Waals surface area contributed by atoms with Gasteiger partial charge in [-0.25, -0.2) is 14.6 Å². The van der Waals surface area contributed by atoms with E-state index in [0.717, 1.165) is 17.0 Å². The monoisotopic (exact) mass is 275 g/mol. The van der Waals surface area contributed by atoms with Crippen molar-refractivity contribution < 1.29 is 4.63 Å². The first-order valence-electron chi connectivity index (χ1n) is 5.64. The van der Waals surface area contributed by atoms with E-state index in [9.17, 15) is 0 Å². The first-order chi connectivity index (χ1) is 9.15. The van der Waals surface area contributed by atoms with Gasteiger partial charge in [0.1, 0.15) is 5.15 Å². The molecule has 3 aromatic heterocycles. The molecular weight excluding hydrogens is 266 g/mol. The van der Waals surface area contributed by atoms with Crippen molar-refractivity contribution >= 4 is 28.5 Å². The number of nitrogen functional groups attached to an aromatic ring is 1. The minimum atomic E-state index is 0.415. The number of halogens is 1. The van der Waals surface area contributed by atoms with Gasteiger partial charge >= 0.3 is 0 Å². The Morgan fingerprint density at radius 2 is 2.11 bits per heavy atom. The summed E-state index contributed by atoms with van der Waals surface area (Å²) in [5.74, 6) is 0. The van der Waals surface area contributed by atoms with Crippen LogP contribution in [0.25, 0.3) is 11.2 Å². The van der Waals surface area contributed by atoms with Crippen molar-refractivity contribution in [1.82, 2.24) is 20.3 Å². The summed E-state index contributed by atoms with van der Waals surface area (Å²) in [6.07, 6.45) is 0.536. The van der Waals surface area contributed by atoms with Crippen LogP contribution in [0.2, 0.25) is 5.15 Å². The molecule has 0 unspecified atom stereocenters. The summed E-state index contributed by atoms with van der Waals surface area (Å²) < 4.78 is 4.65. The van der Waals surface area contributed by atoms with Crippen LogP contribution in [-0.2, 0) is 6.42 Å². The van der Waals surface area contributed by atoms with E-state index in [1.807, 2.05) is 19.1 Å². The Bertz CT molecular complexity index is 755. The van der Waals surface area contributed by atoms with Gasteiger partial charge in [-0.1, -0.05) is 17.7 Å². The number of hydrogen-bond acceptors (Lipinski definition) is 6. The van der Waals surface area contributed by atoms with E-state index in [1.165, 1.54) is 0 Å². The van der Waals surface area contributed by atoms with Gasteiger partial charge in [-0.3, -0.25) is 0 Å². The Labute approximate surface area is 113 Å². The molecule has 0 atom stereocenters. The van der Waals surface area contributed by atoms with Crippen molar-refractivity contribution in [3.63, 3.8) is 0 Å². The maximum absolute atomic E-state index is 6.09. The molecule has 96 valence electrons. The summed E-state index contributed by atoms with van der Waals surface area (Å²) in [7, 11) is 0. The van der Waals surface area contributed by atoms with Gasteiger partial charge in [-0.2, -0.15) is 0 Å². The summed E-state index contributed by atoms with van der Waals surface area (Å²) >= 11 is 5.87. The zero-order chi connectivity index (χ0) is 13.4. The smallest absolute Gasteiger partial charge is 0.226 e. The van der Waals surface area contributed by atoms with E-state index in [1.54, 1.807) is 6.07 Å². The number of rotatable bonds is 2. The number of fused-ring (bicyclic) bond motifs is 1. The molecule has 0 saturated heterocycles. The summed E-state index contributed by atoms with van der Waals surface area (Å²) in [6.45, 7) is 1.87. The molecule has 0 radical (unpaired) electrons. The Morgan fingerprint density at radius 3 is 2.89 bits per heavy atom. The maximum Gasteiger partial charge on any atom is 0.226 e. The average Bonchev–Trinajstić information content (AvgIpc) is 2.83. The standard InChI is InChI=1S/C12H10ClN5O/c1-6-8(5-7-3-2-4-9(13)16-7)10(14)11-12(15-6)18-19-17-11/h2-4H,5,14H2,1H3. The lowest BCUT2D eigenvalue weighted by Gasteiger charge is -2.08. The van der Waals surface area contributed by atoms with Gasteiger partial charge < -0.3 is 5.73 Å². The van der Waals surface area contributed by atoms with E-state index < -0.39 is 0 Å². The van der Waals surface area contributed by atoms with E-state index in [4.69, 9.17) is 17.3 Å². The van der Waals surface area contributed by atoms with Crippen LogP contribution in [0.3, 0.4) is 0 Å². The number of aromatic nitrogens is 4. The van der Waals surface area contributed by atoms with Crippen LogP contribution in [0.4, 0.5) is 5.69 Å². The van der Waals surface area contributed by atoms with Crippen LogP contribution in [0, 0.1) is 6.92 Å². The largest absolute Gasteiger partial charge is 0.396 e. The first-order valence-corrected chi connectivity index (χ1v) is 6.01. The Hall–Kier alpha value is -2.21. The quantitative estimate of drug-likeness (QED) is 0.721. The summed E-state index contributed by atoms with van der Waals surface area (Å²) in [6, 6.07) is 5.46. The van der Waals surface area contributed by atoms with Gasteiger partial charge in [-0.15, -0.1) is 0 Å². The fourth-order valence-electron chi connectivity index (χ4n) is 1.94. The van der Waals surface area contributed by atoms with Crippen LogP contribution in [0.1, 0.15) is 17.0 Å². The van der Waals surface area contributed by atoms with E-state index >= 15 is 0 Å². The summed E-state index contributed by atoms with van der Waals surface area (Å²) in [5, 5.41) is 7.90. The molecule has 0 aliphatic carbocycles. The van der Waals surface area contributed by atoms with Crippen molar-refractivity contribution in [2.24, 2.45) is 0 Å². The van der Waals surface area contributed by atoms with E-state index in [2.05, 4.69) is 24.9 Å². The van der Waals surface area contributed by atoms with Gasteiger partial charge in [0.15, 0.2) is 5.52 Å². The van der Waals surface area contributed by atoms with Crippen LogP contribution in [0.5, 0.6) is 0 Å². The lowest BCUT2D eigenvalue weighted by molar-refractivity contribution is 0.315. The van der Waals surface area contributed by atoms with Crippen molar-refractivity contribution in [2.75, 3.05) is 5.73 Å². The minimum Gasteiger partial charge on any atom is -0.396 e. The fourth-order valence-corrected chi connectivity index (χ4v) is 2.13. The zero-order valence-corrected chi connectivity index (χ0v) is 10.8. The normalized spacial score (nSPS) is 11.1. The molecule has 0 aliphatic heterocycles. The fraction of sp³-hybridized carbons (Fsp3) is 0.167. The van der Waals surface area contributed by atoms with Gasteiger partial charge in [-0.05, 0) is 29.4 Å².